The van der Waals surface area contributed by atoms with E-state index < -0.39 is 10.0 Å². The summed E-state index contributed by atoms with van der Waals surface area (Å²) in [4.78, 5) is 0.0622. The van der Waals surface area contributed by atoms with Crippen molar-refractivity contribution in [2.24, 2.45) is 0 Å². The highest BCUT2D eigenvalue weighted by atomic mass is 32.2. The fraction of sp³-hybridized carbons (Fsp3) is 0. The summed E-state index contributed by atoms with van der Waals surface area (Å²) in [5.74, 6) is 0.141. The molecule has 1 N–H and O–H groups in total. The summed E-state index contributed by atoms with van der Waals surface area (Å²) in [5.41, 5.74) is 0.397. The van der Waals surface area contributed by atoms with E-state index in [2.05, 4.69) is 14.9 Å². The molecule has 2 rings (SSSR count). The molecule has 0 aliphatic rings. The van der Waals surface area contributed by atoms with Gasteiger partial charge in [-0.15, -0.1) is 5.10 Å². The summed E-state index contributed by atoms with van der Waals surface area (Å²) in [5, 5.41) is 15.8. The van der Waals surface area contributed by atoms with Crippen molar-refractivity contribution < 1.29 is 8.42 Å². The molecular formula is C11H8N4O2S. The summed E-state index contributed by atoms with van der Waals surface area (Å²) >= 11 is 0. The lowest BCUT2D eigenvalue weighted by Crippen LogP contribution is -2.14. The number of anilines is 1. The quantitative estimate of drug-likeness (QED) is 0.893. The van der Waals surface area contributed by atoms with Gasteiger partial charge < -0.3 is 0 Å². The predicted molar refractivity (Wildman–Crippen MR) is 64.0 cm³/mol. The van der Waals surface area contributed by atoms with E-state index >= 15 is 0 Å². The SMILES string of the molecule is N#Cc1ccc(S(=O)(=O)Nc2cccnn2)cc1. The predicted octanol–water partition coefficient (Wildman–Crippen LogP) is 1.15. The second-order valence-electron chi connectivity index (χ2n) is 3.35. The smallest absolute Gasteiger partial charge is 0.262 e. The highest BCUT2D eigenvalue weighted by Crippen LogP contribution is 2.14. The number of sulfonamides is 1. The molecule has 0 saturated heterocycles. The van der Waals surface area contributed by atoms with Crippen LogP contribution in [0.4, 0.5) is 5.82 Å². The van der Waals surface area contributed by atoms with Crippen LogP contribution in [-0.2, 0) is 10.0 Å². The second kappa shape index (κ2) is 4.81. The van der Waals surface area contributed by atoms with Crippen LogP contribution in [-0.4, -0.2) is 18.6 Å². The Labute approximate surface area is 104 Å². The first-order chi connectivity index (χ1) is 8.62. The third-order valence-corrected chi connectivity index (χ3v) is 3.48. The number of benzene rings is 1. The molecule has 2 aromatic rings. The molecule has 1 aromatic heterocycles. The Bertz CT molecular complexity index is 675. The van der Waals surface area contributed by atoms with Crippen molar-refractivity contribution in [3.8, 4) is 6.07 Å². The Hall–Kier alpha value is -2.46. The number of nitriles is 1. The van der Waals surface area contributed by atoms with E-state index in [1.54, 1.807) is 6.07 Å². The molecule has 6 nitrogen and oxygen atoms in total. The van der Waals surface area contributed by atoms with Crippen molar-refractivity contribution in [3.63, 3.8) is 0 Å². The van der Waals surface area contributed by atoms with Gasteiger partial charge >= 0.3 is 0 Å². The molecule has 0 fully saturated rings. The van der Waals surface area contributed by atoms with Gasteiger partial charge in [0.2, 0.25) is 0 Å². The normalized spacial score (nSPS) is 10.6. The maximum absolute atomic E-state index is 11.9. The van der Waals surface area contributed by atoms with Gasteiger partial charge in [0.25, 0.3) is 10.0 Å². The summed E-state index contributed by atoms with van der Waals surface area (Å²) < 4.78 is 26.2. The van der Waals surface area contributed by atoms with Gasteiger partial charge in [-0.05, 0) is 36.4 Å². The van der Waals surface area contributed by atoms with Crippen molar-refractivity contribution in [1.82, 2.24) is 10.2 Å². The minimum absolute atomic E-state index is 0.0622. The van der Waals surface area contributed by atoms with E-state index in [-0.39, 0.29) is 10.7 Å². The van der Waals surface area contributed by atoms with Gasteiger partial charge in [0.1, 0.15) is 0 Å². The van der Waals surface area contributed by atoms with Crippen LogP contribution in [0.1, 0.15) is 5.56 Å². The zero-order valence-corrected chi connectivity index (χ0v) is 9.92. The van der Waals surface area contributed by atoms with Crippen LogP contribution in [0.3, 0.4) is 0 Å². The van der Waals surface area contributed by atoms with Crippen LogP contribution < -0.4 is 4.72 Å². The molecule has 0 amide bonds. The molecule has 18 heavy (non-hydrogen) atoms. The molecule has 7 heteroatoms. The molecule has 1 heterocycles. The van der Waals surface area contributed by atoms with Crippen molar-refractivity contribution in [2.45, 2.75) is 4.90 Å². The zero-order chi connectivity index (χ0) is 13.0. The van der Waals surface area contributed by atoms with E-state index in [0.717, 1.165) is 0 Å². The topological polar surface area (TPSA) is 95.7 Å². The lowest BCUT2D eigenvalue weighted by atomic mass is 10.2. The highest BCUT2D eigenvalue weighted by Gasteiger charge is 2.14. The molecule has 0 saturated carbocycles. The van der Waals surface area contributed by atoms with Gasteiger partial charge in [0.15, 0.2) is 5.82 Å². The average Bonchev–Trinajstić information content (AvgIpc) is 2.39. The minimum atomic E-state index is -3.70. The van der Waals surface area contributed by atoms with E-state index in [0.29, 0.717) is 5.56 Å². The third-order valence-electron chi connectivity index (χ3n) is 2.10. The van der Waals surface area contributed by atoms with Crippen molar-refractivity contribution in [3.05, 3.63) is 48.2 Å². The summed E-state index contributed by atoms with van der Waals surface area (Å²) in [6.07, 6.45) is 1.44. The van der Waals surface area contributed by atoms with E-state index in [1.807, 2.05) is 6.07 Å². The van der Waals surface area contributed by atoms with Crippen molar-refractivity contribution in [2.75, 3.05) is 4.72 Å². The van der Waals surface area contributed by atoms with Crippen LogP contribution in [0, 0.1) is 11.3 Å². The molecule has 0 unspecified atom stereocenters. The monoisotopic (exact) mass is 260 g/mol. The Kier molecular flexibility index (Phi) is 3.21. The first kappa shape index (κ1) is 12.0. The van der Waals surface area contributed by atoms with Crippen LogP contribution >= 0.6 is 0 Å². The summed E-state index contributed by atoms with van der Waals surface area (Å²) in [7, 11) is -3.70. The maximum Gasteiger partial charge on any atom is 0.263 e. The fourth-order valence-corrected chi connectivity index (χ4v) is 2.26. The van der Waals surface area contributed by atoms with Crippen LogP contribution in [0.15, 0.2) is 47.5 Å². The molecular weight excluding hydrogens is 252 g/mol. The number of nitrogens with zero attached hydrogens (tertiary/aromatic N) is 3. The van der Waals surface area contributed by atoms with Gasteiger partial charge in [-0.3, -0.25) is 4.72 Å². The Morgan fingerprint density at radius 1 is 1.17 bits per heavy atom. The van der Waals surface area contributed by atoms with Gasteiger partial charge in [0.05, 0.1) is 16.5 Å². The Morgan fingerprint density at radius 3 is 2.44 bits per heavy atom. The molecule has 1 aromatic carbocycles. The number of rotatable bonds is 3. The first-order valence-corrected chi connectivity index (χ1v) is 6.41. The second-order valence-corrected chi connectivity index (χ2v) is 5.03. The van der Waals surface area contributed by atoms with Gasteiger partial charge in [-0.2, -0.15) is 10.4 Å². The van der Waals surface area contributed by atoms with Crippen molar-refractivity contribution >= 4 is 15.8 Å². The molecule has 0 aliphatic heterocycles. The number of hydrogen-bond donors (Lipinski definition) is 1. The van der Waals surface area contributed by atoms with Crippen LogP contribution in [0.2, 0.25) is 0 Å². The first-order valence-electron chi connectivity index (χ1n) is 4.92. The molecule has 0 spiro atoms. The fourth-order valence-electron chi connectivity index (χ4n) is 1.26. The zero-order valence-electron chi connectivity index (χ0n) is 9.11. The molecule has 90 valence electrons. The number of nitrogens with one attached hydrogen (secondary N) is 1. The lowest BCUT2D eigenvalue weighted by molar-refractivity contribution is 0.601. The van der Waals surface area contributed by atoms with E-state index in [4.69, 9.17) is 5.26 Å². The third kappa shape index (κ3) is 2.61. The molecule has 0 atom stereocenters. The van der Waals surface area contributed by atoms with E-state index in [1.165, 1.54) is 36.5 Å². The van der Waals surface area contributed by atoms with Crippen molar-refractivity contribution in [1.29, 1.82) is 5.26 Å². The number of aromatic nitrogens is 2. The summed E-state index contributed by atoms with van der Waals surface area (Å²) in [6, 6.07) is 10.6. The van der Waals surface area contributed by atoms with Gasteiger partial charge in [-0.1, -0.05) is 0 Å². The average molecular weight is 260 g/mol. The number of hydrogen-bond acceptors (Lipinski definition) is 5. The molecule has 0 bridgehead atoms. The lowest BCUT2D eigenvalue weighted by Gasteiger charge is -2.06. The van der Waals surface area contributed by atoms with Gasteiger partial charge in [-0.25, -0.2) is 8.42 Å². The van der Waals surface area contributed by atoms with Crippen LogP contribution in [0.25, 0.3) is 0 Å². The Morgan fingerprint density at radius 2 is 1.89 bits per heavy atom. The van der Waals surface area contributed by atoms with Crippen LogP contribution in [0.5, 0.6) is 0 Å². The molecule has 0 radical (unpaired) electrons. The minimum Gasteiger partial charge on any atom is -0.262 e. The summed E-state index contributed by atoms with van der Waals surface area (Å²) in [6.45, 7) is 0. The molecule has 0 aliphatic carbocycles. The van der Waals surface area contributed by atoms with Gasteiger partial charge in [0, 0.05) is 6.20 Å². The maximum atomic E-state index is 11.9. The largest absolute Gasteiger partial charge is 0.263 e. The standard InChI is InChI=1S/C11H8N4O2S/c12-8-9-3-5-10(6-4-9)18(16,17)15-11-2-1-7-13-14-11/h1-7H,(H,14,15). The Balaban J connectivity index is 2.29. The van der Waals surface area contributed by atoms with E-state index in [9.17, 15) is 8.42 Å². The highest BCUT2D eigenvalue weighted by molar-refractivity contribution is 7.92.